The van der Waals surface area contributed by atoms with E-state index in [1.165, 1.54) is 24.3 Å². The number of benzene rings is 1. The van der Waals surface area contributed by atoms with Gasteiger partial charge in [-0.2, -0.15) is 8.78 Å². The molecule has 1 atom stereocenters. The molecular weight excluding hydrogens is 412 g/mol. The van der Waals surface area contributed by atoms with Crippen LogP contribution in [0, 0.1) is 5.92 Å². The minimum Gasteiger partial charge on any atom is -0.370 e. The molecule has 156 valence electrons. The molecule has 1 saturated heterocycles. The third-order valence-electron chi connectivity index (χ3n) is 4.05. The third-order valence-corrected chi connectivity index (χ3v) is 5.47. The number of hydrogen-bond donors (Lipinski definition) is 2. The fourth-order valence-corrected chi connectivity index (χ4v) is 3.77. The zero-order chi connectivity index (χ0) is 19.2. The van der Waals surface area contributed by atoms with Gasteiger partial charge in [-0.1, -0.05) is 12.1 Å². The van der Waals surface area contributed by atoms with Crippen LogP contribution in [0.5, 0.6) is 0 Å². The van der Waals surface area contributed by atoms with E-state index in [0.717, 1.165) is 25.9 Å². The Morgan fingerprint density at radius 3 is 2.70 bits per heavy atom. The van der Waals surface area contributed by atoms with Crippen molar-refractivity contribution < 1.29 is 30.7 Å². The largest absolute Gasteiger partial charge is 0.370 e. The van der Waals surface area contributed by atoms with Crippen molar-refractivity contribution in [2.45, 2.75) is 36.7 Å². The maximum atomic E-state index is 12.8. The molecule has 1 aliphatic rings. The standard InChI is InChI=1S/C16H22F4N2O3S.ClH/c17-15(18)16(19,20)11-25-10-12-3-1-5-14(7-12)26(23,24)22-9-13-4-2-6-21-8-13;/h1,3,5,7,13,15,21-22H,2,4,6,8-11H2;1H. The van der Waals surface area contributed by atoms with E-state index in [0.29, 0.717) is 12.1 Å². The van der Waals surface area contributed by atoms with Crippen molar-refractivity contribution in [2.75, 3.05) is 26.2 Å². The number of nitrogens with one attached hydrogen (secondary N) is 2. The molecule has 0 aromatic heterocycles. The summed E-state index contributed by atoms with van der Waals surface area (Å²) in [6.07, 6.45) is -1.89. The van der Waals surface area contributed by atoms with Gasteiger partial charge in [-0.15, -0.1) is 12.4 Å². The predicted octanol–water partition coefficient (Wildman–Crippen LogP) is 2.80. The number of alkyl halides is 4. The van der Waals surface area contributed by atoms with Gasteiger partial charge in [0.1, 0.15) is 6.61 Å². The van der Waals surface area contributed by atoms with Crippen LogP contribution in [0.4, 0.5) is 17.6 Å². The normalized spacial score (nSPS) is 18.3. The fraction of sp³-hybridized carbons (Fsp3) is 0.625. The van der Waals surface area contributed by atoms with Gasteiger partial charge in [-0.05, 0) is 49.5 Å². The van der Waals surface area contributed by atoms with E-state index in [1.54, 1.807) is 0 Å². The Hall–Kier alpha value is -0.940. The number of sulfonamides is 1. The van der Waals surface area contributed by atoms with Gasteiger partial charge < -0.3 is 10.1 Å². The fourth-order valence-electron chi connectivity index (χ4n) is 2.58. The summed E-state index contributed by atoms with van der Waals surface area (Å²) in [4.78, 5) is -0.0250. The van der Waals surface area contributed by atoms with E-state index in [2.05, 4.69) is 14.8 Å². The van der Waals surface area contributed by atoms with Crippen molar-refractivity contribution in [3.8, 4) is 0 Å². The van der Waals surface area contributed by atoms with Crippen molar-refractivity contribution in [3.63, 3.8) is 0 Å². The summed E-state index contributed by atoms with van der Waals surface area (Å²) in [6, 6.07) is 5.58. The zero-order valence-corrected chi connectivity index (χ0v) is 16.1. The van der Waals surface area contributed by atoms with Crippen LogP contribution < -0.4 is 10.0 Å². The lowest BCUT2D eigenvalue weighted by molar-refractivity contribution is -0.168. The van der Waals surface area contributed by atoms with Gasteiger partial charge in [0.25, 0.3) is 0 Å². The topological polar surface area (TPSA) is 67.4 Å². The van der Waals surface area contributed by atoms with E-state index in [-0.39, 0.29) is 23.2 Å². The third kappa shape index (κ3) is 7.53. The molecule has 11 heteroatoms. The zero-order valence-electron chi connectivity index (χ0n) is 14.5. The maximum Gasteiger partial charge on any atom is 0.330 e. The monoisotopic (exact) mass is 434 g/mol. The van der Waals surface area contributed by atoms with Crippen LogP contribution in [0.1, 0.15) is 18.4 Å². The minimum atomic E-state index is -4.24. The molecule has 0 radical (unpaired) electrons. The van der Waals surface area contributed by atoms with Crippen LogP contribution in [0.3, 0.4) is 0 Å². The van der Waals surface area contributed by atoms with Crippen molar-refractivity contribution in [2.24, 2.45) is 5.92 Å². The lowest BCUT2D eigenvalue weighted by Gasteiger charge is -2.22. The average Bonchev–Trinajstić information content (AvgIpc) is 2.61. The molecule has 27 heavy (non-hydrogen) atoms. The van der Waals surface area contributed by atoms with Crippen LogP contribution in [0.15, 0.2) is 29.2 Å². The Bertz CT molecular complexity index is 686. The summed E-state index contributed by atoms with van der Waals surface area (Å²) in [5.74, 6) is -4.03. The molecule has 1 aliphatic heterocycles. The molecule has 2 rings (SSSR count). The first-order valence-electron chi connectivity index (χ1n) is 8.24. The van der Waals surface area contributed by atoms with Gasteiger partial charge in [0.15, 0.2) is 0 Å². The average molecular weight is 435 g/mol. The second-order valence-corrected chi connectivity index (χ2v) is 8.03. The quantitative estimate of drug-likeness (QED) is 0.586. The molecule has 1 heterocycles. The first-order valence-corrected chi connectivity index (χ1v) is 9.72. The summed E-state index contributed by atoms with van der Waals surface area (Å²) >= 11 is 0. The molecule has 0 amide bonds. The molecule has 0 saturated carbocycles. The second-order valence-electron chi connectivity index (χ2n) is 6.27. The second kappa shape index (κ2) is 10.6. The van der Waals surface area contributed by atoms with E-state index in [1.807, 2.05) is 0 Å². The Labute approximate surface area is 162 Å². The van der Waals surface area contributed by atoms with Crippen LogP contribution in [0.2, 0.25) is 0 Å². The van der Waals surface area contributed by atoms with Crippen LogP contribution >= 0.6 is 12.4 Å². The van der Waals surface area contributed by atoms with Crippen molar-refractivity contribution in [1.82, 2.24) is 10.0 Å². The molecule has 1 unspecified atom stereocenters. The van der Waals surface area contributed by atoms with Crippen LogP contribution in [-0.2, 0) is 21.4 Å². The smallest absolute Gasteiger partial charge is 0.330 e. The molecular formula is C16H23ClF4N2O3S. The highest BCUT2D eigenvalue weighted by molar-refractivity contribution is 7.89. The number of rotatable bonds is 9. The molecule has 0 aliphatic carbocycles. The van der Waals surface area contributed by atoms with Gasteiger partial charge in [0.2, 0.25) is 10.0 Å². The molecule has 0 spiro atoms. The van der Waals surface area contributed by atoms with Crippen LogP contribution in [-0.4, -0.2) is 47.0 Å². The summed E-state index contributed by atoms with van der Waals surface area (Å²) in [6.45, 7) is 0.147. The number of piperidine rings is 1. The molecule has 2 N–H and O–H groups in total. The molecule has 5 nitrogen and oxygen atoms in total. The van der Waals surface area contributed by atoms with E-state index < -0.39 is 35.6 Å². The van der Waals surface area contributed by atoms with Crippen molar-refractivity contribution in [3.05, 3.63) is 29.8 Å². The molecule has 1 fully saturated rings. The Morgan fingerprint density at radius 1 is 1.33 bits per heavy atom. The number of ether oxygens (including phenoxy) is 1. The van der Waals surface area contributed by atoms with E-state index in [4.69, 9.17) is 0 Å². The van der Waals surface area contributed by atoms with Crippen molar-refractivity contribution >= 4 is 22.4 Å². The van der Waals surface area contributed by atoms with E-state index >= 15 is 0 Å². The summed E-state index contributed by atoms with van der Waals surface area (Å²) < 4.78 is 81.6. The van der Waals surface area contributed by atoms with Gasteiger partial charge in [-0.3, -0.25) is 0 Å². The Kier molecular flexibility index (Phi) is 9.43. The maximum absolute atomic E-state index is 12.8. The van der Waals surface area contributed by atoms with Crippen LogP contribution in [0.25, 0.3) is 0 Å². The Balaban J connectivity index is 0.00000364. The van der Waals surface area contributed by atoms with Gasteiger partial charge in [-0.25, -0.2) is 21.9 Å². The Morgan fingerprint density at radius 2 is 2.07 bits per heavy atom. The SMILES string of the molecule is Cl.O=S(=O)(NCC1CCCNC1)c1cccc(COCC(F)(F)C(F)F)c1. The van der Waals surface area contributed by atoms with Crippen molar-refractivity contribution in [1.29, 1.82) is 0 Å². The summed E-state index contributed by atoms with van der Waals surface area (Å²) in [7, 11) is -3.75. The summed E-state index contributed by atoms with van der Waals surface area (Å²) in [5.41, 5.74) is 0.303. The first kappa shape index (κ1) is 24.1. The predicted molar refractivity (Wildman–Crippen MR) is 95.1 cm³/mol. The van der Waals surface area contributed by atoms with Gasteiger partial charge in [0.05, 0.1) is 11.5 Å². The minimum absolute atomic E-state index is 0. The molecule has 1 aromatic rings. The van der Waals surface area contributed by atoms with Gasteiger partial charge in [0, 0.05) is 6.54 Å². The molecule has 1 aromatic carbocycles. The molecule has 0 bridgehead atoms. The first-order chi connectivity index (χ1) is 12.2. The lowest BCUT2D eigenvalue weighted by Crippen LogP contribution is -2.38. The van der Waals surface area contributed by atoms with E-state index in [9.17, 15) is 26.0 Å². The van der Waals surface area contributed by atoms with Gasteiger partial charge >= 0.3 is 12.3 Å². The lowest BCUT2D eigenvalue weighted by atomic mass is 10.0. The number of halogens is 5. The highest BCUT2D eigenvalue weighted by Gasteiger charge is 2.40. The number of hydrogen-bond acceptors (Lipinski definition) is 4. The summed E-state index contributed by atoms with van der Waals surface area (Å²) in [5, 5.41) is 3.20. The highest BCUT2D eigenvalue weighted by Crippen LogP contribution is 2.23. The highest BCUT2D eigenvalue weighted by atomic mass is 35.5.